The van der Waals surface area contributed by atoms with E-state index < -0.39 is 0 Å². The van der Waals surface area contributed by atoms with Gasteiger partial charge in [0.05, 0.1) is 15.6 Å². The summed E-state index contributed by atoms with van der Waals surface area (Å²) in [6, 6.07) is 12.2. The van der Waals surface area contributed by atoms with E-state index in [1.54, 1.807) is 30.3 Å². The van der Waals surface area contributed by atoms with Crippen molar-refractivity contribution in [1.82, 2.24) is 5.32 Å². The summed E-state index contributed by atoms with van der Waals surface area (Å²) in [6.45, 7) is 0.366. The minimum atomic E-state index is -0.307. The molecule has 0 atom stereocenters. The fourth-order valence-electron chi connectivity index (χ4n) is 1.69. The number of hydrogen-bond acceptors (Lipinski definition) is 2. The van der Waals surface area contributed by atoms with Crippen molar-refractivity contribution in [3.8, 4) is 0 Å². The van der Waals surface area contributed by atoms with Crippen LogP contribution in [0.15, 0.2) is 42.5 Å². The maximum atomic E-state index is 12.0. The molecular formula is C14H12Cl2N2O. The number of nitrogens with two attached hydrogens (primary N) is 1. The average molecular weight is 295 g/mol. The number of hydrogen-bond donors (Lipinski definition) is 2. The predicted octanol–water partition coefficient (Wildman–Crippen LogP) is 3.51. The molecule has 0 aliphatic heterocycles. The van der Waals surface area contributed by atoms with Crippen LogP contribution < -0.4 is 11.1 Å². The molecule has 2 aromatic carbocycles. The molecule has 0 aliphatic rings. The first kappa shape index (κ1) is 13.7. The third-order valence-electron chi connectivity index (χ3n) is 2.59. The molecule has 98 valence electrons. The maximum absolute atomic E-state index is 12.0. The van der Waals surface area contributed by atoms with Gasteiger partial charge in [-0.2, -0.15) is 0 Å². The standard InChI is InChI=1S/C14H12Cl2N2O/c15-11-5-2-6-12(16)13(11)14(19)18-8-9-3-1-4-10(17)7-9/h1-7H,8,17H2,(H,18,19). The molecule has 2 rings (SSSR count). The molecule has 0 radical (unpaired) electrons. The number of rotatable bonds is 3. The highest BCUT2D eigenvalue weighted by atomic mass is 35.5. The molecule has 0 saturated carbocycles. The van der Waals surface area contributed by atoms with Crippen LogP contribution in [-0.2, 0) is 6.54 Å². The number of benzene rings is 2. The minimum Gasteiger partial charge on any atom is -0.399 e. The van der Waals surface area contributed by atoms with Crippen molar-refractivity contribution in [2.24, 2.45) is 0 Å². The molecule has 2 aromatic rings. The molecule has 5 heteroatoms. The Bertz CT molecular complexity index is 594. The zero-order valence-electron chi connectivity index (χ0n) is 9.99. The van der Waals surface area contributed by atoms with Gasteiger partial charge in [0, 0.05) is 12.2 Å². The number of halogens is 2. The molecule has 3 N–H and O–H groups in total. The van der Waals surface area contributed by atoms with Gasteiger partial charge in [0.1, 0.15) is 0 Å². The zero-order chi connectivity index (χ0) is 13.8. The molecule has 0 aliphatic carbocycles. The van der Waals surface area contributed by atoms with Crippen LogP contribution in [0.25, 0.3) is 0 Å². The Morgan fingerprint density at radius 2 is 1.74 bits per heavy atom. The highest BCUT2D eigenvalue weighted by Gasteiger charge is 2.13. The Balaban J connectivity index is 2.10. The van der Waals surface area contributed by atoms with Crippen LogP contribution in [0.3, 0.4) is 0 Å². The molecule has 0 heterocycles. The van der Waals surface area contributed by atoms with Crippen molar-refractivity contribution in [1.29, 1.82) is 0 Å². The molecule has 0 spiro atoms. The lowest BCUT2D eigenvalue weighted by atomic mass is 10.1. The quantitative estimate of drug-likeness (QED) is 0.851. The van der Waals surface area contributed by atoms with Crippen molar-refractivity contribution in [3.63, 3.8) is 0 Å². The largest absolute Gasteiger partial charge is 0.399 e. The topological polar surface area (TPSA) is 55.1 Å². The lowest BCUT2D eigenvalue weighted by Crippen LogP contribution is -2.23. The summed E-state index contributed by atoms with van der Waals surface area (Å²) in [5, 5.41) is 3.42. The van der Waals surface area contributed by atoms with Crippen LogP contribution in [0.2, 0.25) is 10.0 Å². The Kier molecular flexibility index (Phi) is 4.30. The van der Waals surface area contributed by atoms with E-state index in [9.17, 15) is 4.79 Å². The molecule has 0 fully saturated rings. The van der Waals surface area contributed by atoms with Gasteiger partial charge >= 0.3 is 0 Å². The molecule has 0 unspecified atom stereocenters. The molecule has 0 saturated heterocycles. The molecule has 1 amide bonds. The second-order valence-corrected chi connectivity index (χ2v) is 4.84. The van der Waals surface area contributed by atoms with Crippen molar-refractivity contribution < 1.29 is 4.79 Å². The number of nitrogens with one attached hydrogen (secondary N) is 1. The fourth-order valence-corrected chi connectivity index (χ4v) is 2.26. The van der Waals surface area contributed by atoms with Gasteiger partial charge < -0.3 is 11.1 Å². The second-order valence-electron chi connectivity index (χ2n) is 4.02. The third kappa shape index (κ3) is 3.40. The van der Waals surface area contributed by atoms with Crippen LogP contribution in [0.1, 0.15) is 15.9 Å². The van der Waals surface area contributed by atoms with E-state index in [1.165, 1.54) is 0 Å². The van der Waals surface area contributed by atoms with Gasteiger partial charge in [0.2, 0.25) is 0 Å². The second kappa shape index (κ2) is 5.95. The minimum absolute atomic E-state index is 0.287. The van der Waals surface area contributed by atoms with E-state index >= 15 is 0 Å². The summed E-state index contributed by atoms with van der Waals surface area (Å²) in [5.74, 6) is -0.307. The summed E-state index contributed by atoms with van der Waals surface area (Å²) in [4.78, 5) is 12.0. The van der Waals surface area contributed by atoms with E-state index in [4.69, 9.17) is 28.9 Å². The lowest BCUT2D eigenvalue weighted by molar-refractivity contribution is 0.0951. The summed E-state index contributed by atoms with van der Waals surface area (Å²) >= 11 is 11.9. The third-order valence-corrected chi connectivity index (χ3v) is 3.22. The first-order valence-electron chi connectivity index (χ1n) is 5.64. The van der Waals surface area contributed by atoms with E-state index in [1.807, 2.05) is 12.1 Å². The molecule has 0 aromatic heterocycles. The van der Waals surface area contributed by atoms with Gasteiger partial charge in [-0.05, 0) is 29.8 Å². The average Bonchev–Trinajstić information content (AvgIpc) is 2.36. The first-order valence-corrected chi connectivity index (χ1v) is 6.40. The van der Waals surface area contributed by atoms with Crippen molar-refractivity contribution >= 4 is 34.8 Å². The van der Waals surface area contributed by atoms with Crippen molar-refractivity contribution in [2.45, 2.75) is 6.54 Å². The van der Waals surface area contributed by atoms with Crippen LogP contribution in [-0.4, -0.2) is 5.91 Å². The van der Waals surface area contributed by atoms with E-state index in [-0.39, 0.29) is 11.5 Å². The SMILES string of the molecule is Nc1cccc(CNC(=O)c2c(Cl)cccc2Cl)c1. The highest BCUT2D eigenvalue weighted by Crippen LogP contribution is 2.24. The van der Waals surface area contributed by atoms with Crippen LogP contribution in [0, 0.1) is 0 Å². The van der Waals surface area contributed by atoms with Gasteiger partial charge in [-0.3, -0.25) is 4.79 Å². The van der Waals surface area contributed by atoms with Gasteiger partial charge in [0.15, 0.2) is 0 Å². The Morgan fingerprint density at radius 3 is 2.37 bits per heavy atom. The normalized spacial score (nSPS) is 10.2. The number of carbonyl (C=O) groups is 1. The first-order chi connectivity index (χ1) is 9.08. The zero-order valence-corrected chi connectivity index (χ0v) is 11.5. The van der Waals surface area contributed by atoms with E-state index in [0.717, 1.165) is 5.56 Å². The van der Waals surface area contributed by atoms with Crippen LogP contribution in [0.5, 0.6) is 0 Å². The van der Waals surface area contributed by atoms with E-state index in [0.29, 0.717) is 22.3 Å². The summed E-state index contributed by atoms with van der Waals surface area (Å²) in [7, 11) is 0. The van der Waals surface area contributed by atoms with E-state index in [2.05, 4.69) is 5.32 Å². The van der Waals surface area contributed by atoms with Crippen LogP contribution in [0.4, 0.5) is 5.69 Å². The molecule has 0 bridgehead atoms. The summed E-state index contributed by atoms with van der Waals surface area (Å²) < 4.78 is 0. The lowest BCUT2D eigenvalue weighted by Gasteiger charge is -2.08. The Hall–Kier alpha value is -1.71. The predicted molar refractivity (Wildman–Crippen MR) is 78.5 cm³/mol. The monoisotopic (exact) mass is 294 g/mol. The van der Waals surface area contributed by atoms with Gasteiger partial charge in [-0.1, -0.05) is 41.4 Å². The number of anilines is 1. The number of nitrogen functional groups attached to an aromatic ring is 1. The Morgan fingerprint density at radius 1 is 1.11 bits per heavy atom. The summed E-state index contributed by atoms with van der Waals surface area (Å²) in [6.07, 6.45) is 0. The highest BCUT2D eigenvalue weighted by molar-refractivity contribution is 6.39. The maximum Gasteiger partial charge on any atom is 0.254 e. The molecular weight excluding hydrogens is 283 g/mol. The van der Waals surface area contributed by atoms with Crippen LogP contribution >= 0.6 is 23.2 Å². The van der Waals surface area contributed by atoms with Crippen molar-refractivity contribution in [3.05, 3.63) is 63.6 Å². The Labute approximate surface area is 121 Å². The van der Waals surface area contributed by atoms with Gasteiger partial charge in [-0.25, -0.2) is 0 Å². The number of carbonyl (C=O) groups excluding carboxylic acids is 1. The number of amides is 1. The van der Waals surface area contributed by atoms with Gasteiger partial charge in [-0.15, -0.1) is 0 Å². The van der Waals surface area contributed by atoms with Crippen molar-refractivity contribution in [2.75, 3.05) is 5.73 Å². The molecule has 19 heavy (non-hydrogen) atoms. The fraction of sp³-hybridized carbons (Fsp3) is 0.0714. The van der Waals surface area contributed by atoms with Gasteiger partial charge in [0.25, 0.3) is 5.91 Å². The smallest absolute Gasteiger partial charge is 0.254 e. The summed E-state index contributed by atoms with van der Waals surface area (Å²) in [5.41, 5.74) is 7.52. The molecule has 3 nitrogen and oxygen atoms in total.